The normalized spacial score (nSPS) is 18.4. The molecule has 1 N–H and O–H groups in total. The van der Waals surface area contributed by atoms with E-state index in [1.165, 1.54) is 0 Å². The number of carbonyl (C=O) groups excluding carboxylic acids is 1. The van der Waals surface area contributed by atoms with E-state index in [2.05, 4.69) is 15.3 Å². The monoisotopic (exact) mass is 294 g/mol. The molecule has 0 spiro atoms. The quantitative estimate of drug-likeness (QED) is 0.770. The van der Waals surface area contributed by atoms with Crippen molar-refractivity contribution in [3.8, 4) is 5.88 Å². The Balaban J connectivity index is 2.14. The van der Waals surface area contributed by atoms with Gasteiger partial charge in [0.25, 0.3) is 0 Å². The van der Waals surface area contributed by atoms with Crippen LogP contribution in [0.4, 0.5) is 5.82 Å². The van der Waals surface area contributed by atoms with E-state index in [0.29, 0.717) is 38.0 Å². The van der Waals surface area contributed by atoms with Gasteiger partial charge in [0.05, 0.1) is 25.6 Å². The van der Waals surface area contributed by atoms with Crippen molar-refractivity contribution in [1.29, 1.82) is 0 Å². The van der Waals surface area contributed by atoms with Crippen molar-refractivity contribution in [2.24, 2.45) is 0 Å². The van der Waals surface area contributed by atoms with Crippen LogP contribution in [0.5, 0.6) is 5.88 Å². The lowest BCUT2D eigenvalue weighted by atomic mass is 10.2. The molecule has 1 unspecified atom stereocenters. The fraction of sp³-hybridized carbons (Fsp3) is 0.643. The molecule has 1 fully saturated rings. The van der Waals surface area contributed by atoms with Gasteiger partial charge in [-0.25, -0.2) is 4.79 Å². The Morgan fingerprint density at radius 2 is 2.33 bits per heavy atom. The fourth-order valence-corrected chi connectivity index (χ4v) is 2.18. The number of ether oxygens (including phenoxy) is 2. The molecule has 0 aliphatic carbocycles. The molecule has 2 rings (SSSR count). The van der Waals surface area contributed by atoms with Crippen LogP contribution in [-0.4, -0.2) is 54.8 Å². The smallest absolute Gasteiger partial charge is 0.330 e. The van der Waals surface area contributed by atoms with Crippen molar-refractivity contribution in [2.45, 2.75) is 26.3 Å². The van der Waals surface area contributed by atoms with Crippen molar-refractivity contribution in [3.63, 3.8) is 0 Å². The molecule has 1 saturated heterocycles. The number of piperazine rings is 1. The summed E-state index contributed by atoms with van der Waals surface area (Å²) in [6.07, 6.45) is 4.14. The van der Waals surface area contributed by atoms with E-state index < -0.39 is 0 Å². The average Bonchev–Trinajstić information content (AvgIpc) is 2.53. The molecule has 1 atom stereocenters. The number of hydrogen-bond acceptors (Lipinski definition) is 7. The highest BCUT2D eigenvalue weighted by molar-refractivity contribution is 5.80. The van der Waals surface area contributed by atoms with Crippen LogP contribution >= 0.6 is 0 Å². The number of esters is 1. The van der Waals surface area contributed by atoms with E-state index in [-0.39, 0.29) is 12.0 Å². The summed E-state index contributed by atoms with van der Waals surface area (Å²) >= 11 is 0. The van der Waals surface area contributed by atoms with Gasteiger partial charge in [0.2, 0.25) is 5.88 Å². The van der Waals surface area contributed by atoms with Gasteiger partial charge in [0.1, 0.15) is 6.04 Å². The maximum Gasteiger partial charge on any atom is 0.330 e. The first kappa shape index (κ1) is 15.5. The highest BCUT2D eigenvalue weighted by Gasteiger charge is 2.31. The largest absolute Gasteiger partial charge is 0.477 e. The van der Waals surface area contributed by atoms with Gasteiger partial charge in [-0.3, -0.25) is 4.98 Å². The lowest BCUT2D eigenvalue weighted by Crippen LogP contribution is -2.56. The third-order valence-electron chi connectivity index (χ3n) is 3.15. The van der Waals surface area contributed by atoms with Gasteiger partial charge >= 0.3 is 5.97 Å². The van der Waals surface area contributed by atoms with Gasteiger partial charge in [-0.1, -0.05) is 6.92 Å². The molecular weight excluding hydrogens is 272 g/mol. The van der Waals surface area contributed by atoms with Crippen molar-refractivity contribution in [2.75, 3.05) is 37.7 Å². The Bertz CT molecular complexity index is 469. The molecule has 0 aromatic carbocycles. The number of hydrogen-bond donors (Lipinski definition) is 1. The van der Waals surface area contributed by atoms with Crippen molar-refractivity contribution >= 4 is 11.8 Å². The molecule has 2 heterocycles. The fourth-order valence-electron chi connectivity index (χ4n) is 2.18. The summed E-state index contributed by atoms with van der Waals surface area (Å²) in [6.45, 7) is 6.81. The number of aromatic nitrogens is 2. The first-order valence-corrected chi connectivity index (χ1v) is 7.35. The first-order chi connectivity index (χ1) is 10.3. The van der Waals surface area contributed by atoms with Crippen LogP contribution in [-0.2, 0) is 9.53 Å². The lowest BCUT2D eigenvalue weighted by Gasteiger charge is -2.35. The van der Waals surface area contributed by atoms with Gasteiger partial charge in [-0.05, 0) is 13.3 Å². The van der Waals surface area contributed by atoms with E-state index in [9.17, 15) is 4.79 Å². The molecule has 116 valence electrons. The third kappa shape index (κ3) is 4.04. The summed E-state index contributed by atoms with van der Waals surface area (Å²) in [7, 11) is 0. The van der Waals surface area contributed by atoms with Crippen molar-refractivity contribution in [3.05, 3.63) is 12.4 Å². The molecule has 1 aromatic rings. The summed E-state index contributed by atoms with van der Waals surface area (Å²) in [5, 5.41) is 3.20. The minimum Gasteiger partial charge on any atom is -0.477 e. The van der Waals surface area contributed by atoms with Crippen molar-refractivity contribution in [1.82, 2.24) is 15.3 Å². The standard InChI is InChI=1S/C14H22N4O3/c1-3-7-21-13-10-16-9-12(17-13)18-6-5-15-8-11(18)14(19)20-4-2/h9-11,15H,3-8H2,1-2H3. The van der Waals surface area contributed by atoms with E-state index in [4.69, 9.17) is 9.47 Å². The number of carbonyl (C=O) groups is 1. The Kier molecular flexibility index (Phi) is 5.74. The molecule has 0 amide bonds. The second kappa shape index (κ2) is 7.78. The minimum atomic E-state index is -0.380. The molecule has 0 saturated carbocycles. The minimum absolute atomic E-state index is 0.244. The molecular formula is C14H22N4O3. The summed E-state index contributed by atoms with van der Waals surface area (Å²) in [6, 6.07) is -0.380. The second-order valence-electron chi connectivity index (χ2n) is 4.73. The molecule has 1 aromatic heterocycles. The number of nitrogens with one attached hydrogen (secondary N) is 1. The number of anilines is 1. The zero-order valence-corrected chi connectivity index (χ0v) is 12.5. The Hall–Kier alpha value is -1.89. The van der Waals surface area contributed by atoms with E-state index in [0.717, 1.165) is 13.0 Å². The molecule has 7 heteroatoms. The molecule has 1 aliphatic rings. The Morgan fingerprint density at radius 3 is 3.10 bits per heavy atom. The molecule has 0 radical (unpaired) electrons. The van der Waals surface area contributed by atoms with Gasteiger partial charge in [0, 0.05) is 19.6 Å². The topological polar surface area (TPSA) is 76.6 Å². The maximum absolute atomic E-state index is 12.1. The van der Waals surface area contributed by atoms with Crippen LogP contribution in [0.25, 0.3) is 0 Å². The summed E-state index contributed by atoms with van der Waals surface area (Å²) in [5.41, 5.74) is 0. The van der Waals surface area contributed by atoms with Crippen LogP contribution in [0.15, 0.2) is 12.4 Å². The molecule has 7 nitrogen and oxygen atoms in total. The second-order valence-corrected chi connectivity index (χ2v) is 4.73. The maximum atomic E-state index is 12.1. The predicted molar refractivity (Wildman–Crippen MR) is 78.5 cm³/mol. The lowest BCUT2D eigenvalue weighted by molar-refractivity contribution is -0.144. The predicted octanol–water partition coefficient (Wildman–Crippen LogP) is 0.607. The summed E-state index contributed by atoms with van der Waals surface area (Å²) in [5.74, 6) is 0.880. The van der Waals surface area contributed by atoms with Gasteiger partial charge in [0.15, 0.2) is 5.82 Å². The van der Waals surface area contributed by atoms with Crippen LogP contribution in [0, 0.1) is 0 Å². The SMILES string of the molecule is CCCOc1cncc(N2CCNCC2C(=O)OCC)n1. The number of nitrogens with zero attached hydrogens (tertiary/aromatic N) is 3. The average molecular weight is 294 g/mol. The highest BCUT2D eigenvalue weighted by atomic mass is 16.5. The summed E-state index contributed by atoms with van der Waals surface area (Å²) < 4.78 is 10.6. The Morgan fingerprint density at radius 1 is 1.48 bits per heavy atom. The van der Waals surface area contributed by atoms with Crippen LogP contribution in [0.3, 0.4) is 0 Å². The van der Waals surface area contributed by atoms with Gasteiger partial charge < -0.3 is 19.7 Å². The van der Waals surface area contributed by atoms with Crippen molar-refractivity contribution < 1.29 is 14.3 Å². The summed E-state index contributed by atoms with van der Waals surface area (Å²) in [4.78, 5) is 22.6. The first-order valence-electron chi connectivity index (χ1n) is 7.35. The molecule has 0 bridgehead atoms. The Labute approximate surface area is 124 Å². The highest BCUT2D eigenvalue weighted by Crippen LogP contribution is 2.18. The molecule has 21 heavy (non-hydrogen) atoms. The zero-order valence-electron chi connectivity index (χ0n) is 12.5. The van der Waals surface area contributed by atoms with Crippen LogP contribution < -0.4 is 15.0 Å². The van der Waals surface area contributed by atoms with E-state index in [1.807, 2.05) is 11.8 Å². The molecule has 1 aliphatic heterocycles. The van der Waals surface area contributed by atoms with Crippen LogP contribution in [0.2, 0.25) is 0 Å². The third-order valence-corrected chi connectivity index (χ3v) is 3.15. The van der Waals surface area contributed by atoms with E-state index in [1.54, 1.807) is 19.3 Å². The van der Waals surface area contributed by atoms with Crippen LogP contribution in [0.1, 0.15) is 20.3 Å². The number of rotatable bonds is 6. The van der Waals surface area contributed by atoms with Gasteiger partial charge in [-0.2, -0.15) is 4.98 Å². The van der Waals surface area contributed by atoms with Gasteiger partial charge in [-0.15, -0.1) is 0 Å². The van der Waals surface area contributed by atoms with E-state index >= 15 is 0 Å². The zero-order chi connectivity index (χ0) is 15.1.